The Morgan fingerprint density at radius 2 is 1.41 bits per heavy atom. The quantitative estimate of drug-likeness (QED) is 0.137. The van der Waals surface area contributed by atoms with Gasteiger partial charge in [0, 0.05) is 46.9 Å². The molecule has 3 heterocycles. The number of aromatic nitrogens is 4. The first-order valence-electron chi connectivity index (χ1n) is 18.3. The minimum atomic E-state index is -0.331. The van der Waals surface area contributed by atoms with E-state index in [1.54, 1.807) is 0 Å². The summed E-state index contributed by atoms with van der Waals surface area (Å²) in [5, 5.41) is 7.04. The van der Waals surface area contributed by atoms with E-state index in [4.69, 9.17) is 9.84 Å². The van der Waals surface area contributed by atoms with E-state index in [1.807, 2.05) is 64.0 Å². The molecule has 260 valence electrons. The lowest BCUT2D eigenvalue weighted by atomic mass is 9.76. The molecular weight excluding hydrogens is 632 g/mol. The molecule has 0 aliphatic heterocycles. The van der Waals surface area contributed by atoms with Crippen LogP contribution in [0.2, 0.25) is 0 Å². The summed E-state index contributed by atoms with van der Waals surface area (Å²) in [6.45, 7) is 16.2. The van der Waals surface area contributed by atoms with Gasteiger partial charge in [0.2, 0.25) is 0 Å². The molecule has 0 aliphatic rings. The molecule has 2 unspecified atom stereocenters. The van der Waals surface area contributed by atoms with Crippen LogP contribution in [-0.2, 0) is 0 Å². The van der Waals surface area contributed by atoms with Crippen molar-refractivity contribution in [3.05, 3.63) is 131 Å². The second-order valence-electron chi connectivity index (χ2n) is 14.1. The van der Waals surface area contributed by atoms with Gasteiger partial charge in [-0.15, -0.1) is 0 Å². The summed E-state index contributed by atoms with van der Waals surface area (Å²) >= 11 is 0. The van der Waals surface area contributed by atoms with Crippen molar-refractivity contribution >= 4 is 21.8 Å². The molecular formula is C45H47FN4O. The third-order valence-corrected chi connectivity index (χ3v) is 10.7. The van der Waals surface area contributed by atoms with Gasteiger partial charge >= 0.3 is 0 Å². The fourth-order valence-corrected chi connectivity index (χ4v) is 8.10. The Kier molecular flexibility index (Phi) is 9.52. The molecule has 5 nitrogen and oxygen atoms in total. The number of rotatable bonds is 11. The lowest BCUT2D eigenvalue weighted by Crippen LogP contribution is -2.10. The number of fused-ring (bicyclic) bond motifs is 3. The minimum absolute atomic E-state index is 0.331. The maximum atomic E-state index is 14.3. The summed E-state index contributed by atoms with van der Waals surface area (Å²) < 4.78 is 24.8. The third-order valence-electron chi connectivity index (χ3n) is 10.7. The van der Waals surface area contributed by atoms with Crippen LogP contribution in [0.25, 0.3) is 44.4 Å². The molecule has 0 fully saturated rings. The van der Waals surface area contributed by atoms with Crippen molar-refractivity contribution in [2.45, 2.75) is 86.0 Å². The molecule has 0 aliphatic carbocycles. The third kappa shape index (κ3) is 6.33. The zero-order chi connectivity index (χ0) is 35.8. The Morgan fingerprint density at radius 1 is 0.725 bits per heavy atom. The SMILES string of the molecule is CCCC(C)c1c(C)c(C)c(C)c(C(C)CCC)c1-c1cnn(-c2cccc(Oc3ccc4c5ccccc5n(-c5cc(F)ccn5)c4c3)c2)c1. The van der Waals surface area contributed by atoms with Crippen molar-refractivity contribution in [2.24, 2.45) is 0 Å². The minimum Gasteiger partial charge on any atom is -0.457 e. The van der Waals surface area contributed by atoms with Crippen molar-refractivity contribution in [3.8, 4) is 34.1 Å². The van der Waals surface area contributed by atoms with Gasteiger partial charge in [-0.1, -0.05) is 64.8 Å². The highest BCUT2D eigenvalue weighted by Gasteiger charge is 2.26. The van der Waals surface area contributed by atoms with E-state index in [2.05, 4.69) is 77.8 Å². The largest absolute Gasteiger partial charge is 0.457 e. The molecule has 0 N–H and O–H groups in total. The smallest absolute Gasteiger partial charge is 0.140 e. The average Bonchev–Trinajstić information content (AvgIpc) is 3.74. The van der Waals surface area contributed by atoms with Gasteiger partial charge in [-0.2, -0.15) is 5.10 Å². The summed E-state index contributed by atoms with van der Waals surface area (Å²) in [7, 11) is 0. The summed E-state index contributed by atoms with van der Waals surface area (Å²) in [5.41, 5.74) is 12.5. The summed E-state index contributed by atoms with van der Waals surface area (Å²) in [5.74, 6) is 2.47. The monoisotopic (exact) mass is 678 g/mol. The number of halogens is 1. The zero-order valence-electron chi connectivity index (χ0n) is 30.8. The fraction of sp³-hybridized carbons (Fsp3) is 0.289. The number of hydrogen-bond acceptors (Lipinski definition) is 3. The highest BCUT2D eigenvalue weighted by Crippen LogP contribution is 2.44. The van der Waals surface area contributed by atoms with E-state index in [9.17, 15) is 4.39 Å². The molecule has 4 aromatic carbocycles. The summed E-state index contributed by atoms with van der Waals surface area (Å²) in [6, 6.07) is 25.0. The van der Waals surface area contributed by atoms with Crippen LogP contribution in [-0.4, -0.2) is 19.3 Å². The van der Waals surface area contributed by atoms with Crippen LogP contribution in [0, 0.1) is 26.6 Å². The van der Waals surface area contributed by atoms with Gasteiger partial charge in [0.1, 0.15) is 23.1 Å². The van der Waals surface area contributed by atoms with Gasteiger partial charge < -0.3 is 4.74 Å². The Morgan fingerprint density at radius 3 is 2.12 bits per heavy atom. The van der Waals surface area contributed by atoms with Crippen molar-refractivity contribution in [1.29, 1.82) is 0 Å². The lowest BCUT2D eigenvalue weighted by molar-refractivity contribution is 0.483. The maximum absolute atomic E-state index is 14.3. The molecule has 51 heavy (non-hydrogen) atoms. The van der Waals surface area contributed by atoms with E-state index in [-0.39, 0.29) is 5.82 Å². The van der Waals surface area contributed by atoms with Crippen LogP contribution >= 0.6 is 0 Å². The average molecular weight is 679 g/mol. The van der Waals surface area contributed by atoms with Crippen molar-refractivity contribution in [2.75, 3.05) is 0 Å². The molecule has 0 radical (unpaired) electrons. The Balaban J connectivity index is 1.27. The molecule has 7 aromatic rings. The highest BCUT2D eigenvalue weighted by molar-refractivity contribution is 6.09. The van der Waals surface area contributed by atoms with Crippen LogP contribution in [0.3, 0.4) is 0 Å². The van der Waals surface area contributed by atoms with E-state index < -0.39 is 0 Å². The van der Waals surface area contributed by atoms with E-state index in [1.165, 1.54) is 51.7 Å². The van der Waals surface area contributed by atoms with Crippen LogP contribution in [0.15, 0.2) is 97.5 Å². The van der Waals surface area contributed by atoms with Gasteiger partial charge in [-0.25, -0.2) is 14.1 Å². The number of hydrogen-bond donors (Lipinski definition) is 0. The first kappa shape index (κ1) is 34.2. The predicted molar refractivity (Wildman–Crippen MR) is 208 cm³/mol. The molecule has 6 heteroatoms. The molecule has 0 saturated carbocycles. The normalized spacial score (nSPS) is 12.9. The lowest BCUT2D eigenvalue weighted by Gasteiger charge is -2.28. The van der Waals surface area contributed by atoms with E-state index in [0.29, 0.717) is 29.2 Å². The van der Waals surface area contributed by atoms with Crippen LogP contribution in [0.5, 0.6) is 11.5 Å². The van der Waals surface area contributed by atoms with Gasteiger partial charge in [0.15, 0.2) is 0 Å². The Hall–Kier alpha value is -5.23. The summed E-state index contributed by atoms with van der Waals surface area (Å²) in [4.78, 5) is 4.50. The molecule has 7 rings (SSSR count). The number of nitrogens with zero attached hydrogens (tertiary/aromatic N) is 4. The van der Waals surface area contributed by atoms with E-state index in [0.717, 1.165) is 58.7 Å². The van der Waals surface area contributed by atoms with Gasteiger partial charge in [0.25, 0.3) is 0 Å². The Labute approximate surface area is 300 Å². The topological polar surface area (TPSA) is 44.9 Å². The molecule has 0 saturated heterocycles. The number of pyridine rings is 1. The second kappa shape index (κ2) is 14.2. The molecule has 0 amide bonds. The number of ether oxygens (including phenoxy) is 1. The van der Waals surface area contributed by atoms with Gasteiger partial charge in [-0.3, -0.25) is 4.57 Å². The first-order valence-corrected chi connectivity index (χ1v) is 18.3. The van der Waals surface area contributed by atoms with Crippen LogP contribution in [0.4, 0.5) is 4.39 Å². The molecule has 2 atom stereocenters. The second-order valence-corrected chi connectivity index (χ2v) is 14.1. The molecule has 3 aromatic heterocycles. The highest BCUT2D eigenvalue weighted by atomic mass is 19.1. The van der Waals surface area contributed by atoms with Crippen LogP contribution < -0.4 is 4.74 Å². The van der Waals surface area contributed by atoms with E-state index >= 15 is 0 Å². The standard InChI is InChI=1S/C45H47FN4O/c1-8-13-28(3)43-31(6)30(5)32(7)44(29(4)14-9-2)45(43)33-26-48-49(27-33)35-15-12-16-36(24-35)51-37-19-20-39-38-17-10-11-18-40(38)50(41(39)25-37)42-23-34(46)21-22-47-42/h10-12,15-29H,8-9,13-14H2,1-7H3. The zero-order valence-corrected chi connectivity index (χ0v) is 30.8. The number of benzene rings is 4. The van der Waals surface area contributed by atoms with Gasteiger partial charge in [-0.05, 0) is 115 Å². The summed E-state index contributed by atoms with van der Waals surface area (Å²) in [6.07, 6.45) is 10.3. The number of para-hydroxylation sites is 1. The van der Waals surface area contributed by atoms with Crippen molar-refractivity contribution in [3.63, 3.8) is 0 Å². The maximum Gasteiger partial charge on any atom is 0.140 e. The predicted octanol–water partition coefficient (Wildman–Crippen LogP) is 12.7. The fourth-order valence-electron chi connectivity index (χ4n) is 8.10. The van der Waals surface area contributed by atoms with Crippen molar-refractivity contribution < 1.29 is 9.13 Å². The van der Waals surface area contributed by atoms with Crippen LogP contribution in [0.1, 0.15) is 93.0 Å². The van der Waals surface area contributed by atoms with Crippen molar-refractivity contribution in [1.82, 2.24) is 19.3 Å². The van der Waals surface area contributed by atoms with Gasteiger partial charge in [0.05, 0.1) is 22.9 Å². The molecule has 0 bridgehead atoms. The molecule has 0 spiro atoms. The first-order chi connectivity index (χ1) is 24.7. The Bertz CT molecular complexity index is 2330.